The van der Waals surface area contributed by atoms with Gasteiger partial charge in [-0.15, -0.1) is 0 Å². The molecule has 2 unspecified atom stereocenters. The molecule has 0 aromatic carbocycles. The fraction of sp³-hybridized carbons (Fsp3) is 0.421. The number of rotatable bonds is 3. The summed E-state index contributed by atoms with van der Waals surface area (Å²) in [5, 5.41) is 27.9. The van der Waals surface area contributed by atoms with Gasteiger partial charge in [-0.3, -0.25) is 9.36 Å². The Bertz CT molecular complexity index is 1210. The molecule has 0 aliphatic heterocycles. The first-order valence-corrected chi connectivity index (χ1v) is 9.41. The van der Waals surface area contributed by atoms with E-state index in [4.69, 9.17) is 4.42 Å². The van der Waals surface area contributed by atoms with E-state index in [0.29, 0.717) is 23.4 Å². The molecule has 0 saturated heterocycles. The quantitative estimate of drug-likeness (QED) is 0.416. The lowest BCUT2D eigenvalue weighted by molar-refractivity contribution is -0.155. The van der Waals surface area contributed by atoms with Crippen molar-refractivity contribution in [3.8, 4) is 11.8 Å². The van der Waals surface area contributed by atoms with Gasteiger partial charge in [-0.1, -0.05) is 0 Å². The molecular weight excluding hydrogens is 390 g/mol. The molecule has 0 radical (unpaired) electrons. The number of nitrogens with zero attached hydrogens (tertiary/aromatic N) is 5. The molecule has 3 heterocycles. The minimum absolute atomic E-state index is 0.121. The number of oxazole rings is 1. The molecule has 30 heavy (non-hydrogen) atoms. The number of aromatic nitrogens is 5. The fourth-order valence-corrected chi connectivity index (χ4v) is 4.50. The van der Waals surface area contributed by atoms with E-state index in [9.17, 15) is 15.0 Å². The van der Waals surface area contributed by atoms with Gasteiger partial charge in [0.25, 0.3) is 5.89 Å². The summed E-state index contributed by atoms with van der Waals surface area (Å²) in [7, 11) is 3.20. The van der Waals surface area contributed by atoms with Crippen LogP contribution in [0.2, 0.25) is 0 Å². The molecule has 3 aromatic heterocycles. The van der Waals surface area contributed by atoms with Gasteiger partial charge in [-0.05, 0) is 18.3 Å². The van der Waals surface area contributed by atoms with Crippen LogP contribution in [0.15, 0.2) is 23.2 Å². The molecule has 4 N–H and O–H groups in total. The van der Waals surface area contributed by atoms with E-state index < -0.39 is 17.2 Å². The minimum atomic E-state index is -1.73. The molecule has 4 atom stereocenters. The van der Waals surface area contributed by atoms with Gasteiger partial charge in [0.2, 0.25) is 11.7 Å². The largest absolute Gasteiger partial charge is 0.439 e. The van der Waals surface area contributed by atoms with Gasteiger partial charge in [0, 0.05) is 26.4 Å². The third-order valence-electron chi connectivity index (χ3n) is 6.04. The summed E-state index contributed by atoms with van der Waals surface area (Å²) in [4.78, 5) is 29.4. The number of amides is 1. The number of imidazole rings is 1. The maximum atomic E-state index is 12.4. The van der Waals surface area contributed by atoms with Crippen LogP contribution < -0.4 is 10.6 Å². The SMILES string of the molecule is CNC(=O)C12CC1C[C@](O)(n1cnc3c(NC)nc(C#Cc4ncco4)nc31)[C@@H]2O. The molecule has 1 amide bonds. The molecule has 0 spiro atoms. The summed E-state index contributed by atoms with van der Waals surface area (Å²) in [5.41, 5.74) is -2.01. The van der Waals surface area contributed by atoms with Gasteiger partial charge >= 0.3 is 0 Å². The normalized spacial score (nSPS) is 29.2. The zero-order valence-electron chi connectivity index (χ0n) is 16.2. The maximum Gasteiger partial charge on any atom is 0.273 e. The highest BCUT2D eigenvalue weighted by Crippen LogP contribution is 2.68. The number of fused-ring (bicyclic) bond motifs is 2. The van der Waals surface area contributed by atoms with Crippen molar-refractivity contribution in [1.29, 1.82) is 0 Å². The Labute approximate surface area is 170 Å². The van der Waals surface area contributed by atoms with Crippen LogP contribution in [-0.2, 0) is 10.5 Å². The predicted octanol–water partition coefficient (Wildman–Crippen LogP) is -0.582. The first-order valence-electron chi connectivity index (χ1n) is 9.41. The van der Waals surface area contributed by atoms with Crippen molar-refractivity contribution in [3.63, 3.8) is 0 Å². The van der Waals surface area contributed by atoms with E-state index in [1.165, 1.54) is 30.4 Å². The van der Waals surface area contributed by atoms with Gasteiger partial charge < -0.3 is 25.3 Å². The molecule has 3 aromatic rings. The number of hydrogen-bond donors (Lipinski definition) is 4. The lowest BCUT2D eigenvalue weighted by Gasteiger charge is -2.33. The number of carbonyl (C=O) groups excluding carboxylic acids is 1. The highest BCUT2D eigenvalue weighted by Gasteiger charge is 2.76. The fourth-order valence-electron chi connectivity index (χ4n) is 4.50. The third-order valence-corrected chi connectivity index (χ3v) is 6.04. The number of aliphatic hydroxyl groups excluding tert-OH is 1. The molecule has 0 bridgehead atoms. The minimum Gasteiger partial charge on any atom is -0.439 e. The van der Waals surface area contributed by atoms with E-state index in [2.05, 4.69) is 42.4 Å². The van der Waals surface area contributed by atoms with Crippen LogP contribution in [0.5, 0.6) is 0 Å². The van der Waals surface area contributed by atoms with Crippen LogP contribution in [0, 0.1) is 23.2 Å². The average Bonchev–Trinajstić information content (AvgIpc) is 3.11. The lowest BCUT2D eigenvalue weighted by Crippen LogP contribution is -2.49. The number of aliphatic hydroxyl groups is 2. The van der Waals surface area contributed by atoms with Gasteiger partial charge in [0.05, 0.1) is 17.9 Å². The topological polar surface area (TPSA) is 151 Å². The Balaban J connectivity index is 1.61. The molecule has 2 fully saturated rings. The first-order chi connectivity index (χ1) is 14.4. The zero-order valence-corrected chi connectivity index (χ0v) is 16.2. The Morgan fingerprint density at radius 2 is 2.13 bits per heavy atom. The number of hydrogen-bond acceptors (Lipinski definition) is 9. The van der Waals surface area contributed by atoms with Crippen molar-refractivity contribution in [2.45, 2.75) is 24.7 Å². The second-order valence-electron chi connectivity index (χ2n) is 7.53. The van der Waals surface area contributed by atoms with Crippen molar-refractivity contribution < 1.29 is 19.4 Å². The summed E-state index contributed by atoms with van der Waals surface area (Å²) >= 11 is 0. The number of nitrogens with one attached hydrogen (secondary N) is 2. The van der Waals surface area contributed by atoms with Gasteiger partial charge in [-0.2, -0.15) is 0 Å². The third kappa shape index (κ3) is 2.38. The highest BCUT2D eigenvalue weighted by atomic mass is 16.4. The summed E-state index contributed by atoms with van der Waals surface area (Å²) in [6, 6.07) is 0. The van der Waals surface area contributed by atoms with Crippen LogP contribution in [0.25, 0.3) is 11.2 Å². The van der Waals surface area contributed by atoms with Crippen LogP contribution >= 0.6 is 0 Å². The Hall–Kier alpha value is -3.49. The van der Waals surface area contributed by atoms with Crippen molar-refractivity contribution >= 4 is 22.9 Å². The van der Waals surface area contributed by atoms with Crippen molar-refractivity contribution in [3.05, 3.63) is 30.5 Å². The number of carbonyl (C=O) groups is 1. The molecule has 2 saturated carbocycles. The molecular formula is C19H19N7O4. The summed E-state index contributed by atoms with van der Waals surface area (Å²) in [5.74, 6) is 5.90. The maximum absolute atomic E-state index is 12.4. The summed E-state index contributed by atoms with van der Waals surface area (Å²) in [6.07, 6.45) is 3.73. The van der Waals surface area contributed by atoms with Crippen LogP contribution in [0.1, 0.15) is 24.6 Å². The molecule has 11 heteroatoms. The average molecular weight is 409 g/mol. The lowest BCUT2D eigenvalue weighted by atomic mass is 9.94. The van der Waals surface area contributed by atoms with Crippen LogP contribution in [0.4, 0.5) is 5.82 Å². The van der Waals surface area contributed by atoms with E-state index in [-0.39, 0.29) is 30.0 Å². The van der Waals surface area contributed by atoms with E-state index in [1.807, 2.05) is 0 Å². The van der Waals surface area contributed by atoms with Gasteiger partial charge in [-0.25, -0.2) is 19.9 Å². The summed E-state index contributed by atoms with van der Waals surface area (Å²) in [6.45, 7) is 0. The van der Waals surface area contributed by atoms with Crippen LogP contribution in [-0.4, -0.2) is 60.8 Å². The zero-order chi connectivity index (χ0) is 21.1. The van der Waals surface area contributed by atoms with Crippen molar-refractivity contribution in [1.82, 2.24) is 29.8 Å². The van der Waals surface area contributed by atoms with E-state index in [0.717, 1.165) is 0 Å². The molecule has 11 nitrogen and oxygen atoms in total. The summed E-state index contributed by atoms with van der Waals surface area (Å²) < 4.78 is 6.50. The smallest absolute Gasteiger partial charge is 0.273 e. The van der Waals surface area contributed by atoms with E-state index in [1.54, 1.807) is 7.05 Å². The van der Waals surface area contributed by atoms with Gasteiger partial charge in [0.15, 0.2) is 22.7 Å². The molecule has 5 rings (SSSR count). The Morgan fingerprint density at radius 3 is 2.83 bits per heavy atom. The second-order valence-corrected chi connectivity index (χ2v) is 7.53. The Morgan fingerprint density at radius 1 is 1.30 bits per heavy atom. The molecule has 2 aliphatic rings. The molecule has 154 valence electrons. The second kappa shape index (κ2) is 6.25. The highest BCUT2D eigenvalue weighted by molar-refractivity contribution is 5.88. The monoisotopic (exact) mass is 409 g/mol. The van der Waals surface area contributed by atoms with Crippen LogP contribution in [0.3, 0.4) is 0 Å². The number of anilines is 1. The predicted molar refractivity (Wildman–Crippen MR) is 103 cm³/mol. The van der Waals surface area contributed by atoms with E-state index >= 15 is 0 Å². The first kappa shape index (κ1) is 18.5. The van der Waals surface area contributed by atoms with Crippen molar-refractivity contribution in [2.24, 2.45) is 11.3 Å². The Kier molecular flexibility index (Phi) is 3.86. The van der Waals surface area contributed by atoms with Gasteiger partial charge in [0.1, 0.15) is 12.4 Å². The van der Waals surface area contributed by atoms with Crippen molar-refractivity contribution in [2.75, 3.05) is 19.4 Å². The molecule has 2 aliphatic carbocycles. The standard InChI is InChI=1S/C19H19N7O4/c1-20-14-13-15(25-11(24-14)3-4-12-22-5-6-30-12)26(9-23-13)19(29)8-10-7-18(10,16(19)27)17(28)21-2/h5-6,9-10,16,27,29H,7-8H2,1-2H3,(H,21,28)(H,20,24,25)/t10?,16-,18?,19-/m1/s1.